The summed E-state index contributed by atoms with van der Waals surface area (Å²) in [7, 11) is 0. The molecule has 0 aliphatic heterocycles. The van der Waals surface area contributed by atoms with Gasteiger partial charge in [0.05, 0.1) is 6.61 Å². The lowest BCUT2D eigenvalue weighted by molar-refractivity contribution is 0.342. The molecule has 2 heteroatoms. The smallest absolute Gasteiger partial charge is 0.0622 e. The quantitative estimate of drug-likeness (QED) is 0.588. The number of hydrogen-bond acceptors (Lipinski definition) is 2. The summed E-state index contributed by atoms with van der Waals surface area (Å²) < 4.78 is 0. The van der Waals surface area contributed by atoms with E-state index in [2.05, 4.69) is 13.8 Å². The van der Waals surface area contributed by atoms with Gasteiger partial charge in [-0.05, 0) is 30.1 Å². The molecule has 0 heterocycles. The highest BCUT2D eigenvalue weighted by Gasteiger charge is 1.92. The molecule has 0 saturated heterocycles. The van der Waals surface area contributed by atoms with Crippen molar-refractivity contribution in [2.45, 2.75) is 52.4 Å². The van der Waals surface area contributed by atoms with E-state index >= 15 is 0 Å². The number of allylic oxidation sites excluding steroid dienone is 1. The maximum atomic E-state index is 8.65. The Morgan fingerprint density at radius 1 is 1.14 bits per heavy atom. The Labute approximate surface area is 93.0 Å². The molecule has 0 aromatic rings. The van der Waals surface area contributed by atoms with Crippen LogP contribution < -0.4 is 0 Å². The van der Waals surface area contributed by atoms with Crippen LogP contribution in [0.25, 0.3) is 0 Å². The number of hydrogen-bond donors (Lipinski definition) is 1. The van der Waals surface area contributed by atoms with E-state index in [0.29, 0.717) is 0 Å². The third-order valence-corrected chi connectivity index (χ3v) is 3.32. The van der Waals surface area contributed by atoms with Gasteiger partial charge >= 0.3 is 0 Å². The van der Waals surface area contributed by atoms with Crippen molar-refractivity contribution < 1.29 is 5.11 Å². The second-order valence-corrected chi connectivity index (χ2v) is 4.95. The van der Waals surface area contributed by atoms with E-state index in [1.807, 2.05) is 17.8 Å². The fourth-order valence-corrected chi connectivity index (χ4v) is 2.17. The molecule has 0 aromatic heterocycles. The van der Waals surface area contributed by atoms with Crippen LogP contribution >= 0.6 is 11.8 Å². The third-order valence-electron chi connectivity index (χ3n) is 2.21. The lowest BCUT2D eigenvalue weighted by atomic mass is 10.1. The molecule has 0 aliphatic rings. The Morgan fingerprint density at radius 2 is 1.79 bits per heavy atom. The Kier molecular flexibility index (Phi) is 11.2. The predicted molar refractivity (Wildman–Crippen MR) is 66.7 cm³/mol. The Balaban J connectivity index is 3.09. The van der Waals surface area contributed by atoms with Gasteiger partial charge in [-0.1, -0.05) is 39.0 Å². The van der Waals surface area contributed by atoms with Crippen molar-refractivity contribution in [3.8, 4) is 0 Å². The van der Waals surface area contributed by atoms with Gasteiger partial charge < -0.3 is 5.11 Å². The maximum Gasteiger partial charge on any atom is 0.0622 e. The molecule has 0 fully saturated rings. The van der Waals surface area contributed by atoms with Crippen molar-refractivity contribution in [2.24, 2.45) is 0 Å². The van der Waals surface area contributed by atoms with Crippen LogP contribution in [-0.4, -0.2) is 17.5 Å². The summed E-state index contributed by atoms with van der Waals surface area (Å²) in [6.45, 7) is 4.49. The molecule has 0 amide bonds. The van der Waals surface area contributed by atoms with Crippen molar-refractivity contribution in [1.29, 1.82) is 0 Å². The van der Waals surface area contributed by atoms with Crippen LogP contribution in [0.5, 0.6) is 0 Å². The number of aliphatic hydroxyl groups excluding tert-OH is 1. The molecule has 0 unspecified atom stereocenters. The highest BCUT2D eigenvalue weighted by Crippen LogP contribution is 2.17. The molecule has 0 rings (SSSR count). The van der Waals surface area contributed by atoms with Gasteiger partial charge in [-0.25, -0.2) is 0 Å². The minimum absolute atomic E-state index is 0.176. The molecule has 0 aliphatic carbocycles. The van der Waals surface area contributed by atoms with Crippen molar-refractivity contribution in [3.05, 3.63) is 11.0 Å². The zero-order valence-electron chi connectivity index (χ0n) is 9.59. The zero-order valence-corrected chi connectivity index (χ0v) is 10.4. The molecule has 0 atom stereocenters. The second kappa shape index (κ2) is 11.1. The van der Waals surface area contributed by atoms with Crippen LogP contribution in [-0.2, 0) is 0 Å². The van der Waals surface area contributed by atoms with Gasteiger partial charge in [-0.2, -0.15) is 0 Å². The van der Waals surface area contributed by atoms with E-state index < -0.39 is 0 Å². The van der Waals surface area contributed by atoms with Crippen molar-refractivity contribution >= 4 is 11.8 Å². The van der Waals surface area contributed by atoms with E-state index in [0.717, 1.165) is 0 Å². The highest BCUT2D eigenvalue weighted by molar-refractivity contribution is 8.03. The fourth-order valence-electron chi connectivity index (χ4n) is 1.30. The topological polar surface area (TPSA) is 20.2 Å². The van der Waals surface area contributed by atoms with Crippen molar-refractivity contribution in [1.82, 2.24) is 0 Å². The number of rotatable bonds is 9. The van der Waals surface area contributed by atoms with Crippen LogP contribution in [0.2, 0.25) is 0 Å². The minimum atomic E-state index is 0.176. The van der Waals surface area contributed by atoms with Gasteiger partial charge in [0.25, 0.3) is 0 Å². The zero-order chi connectivity index (χ0) is 10.6. The van der Waals surface area contributed by atoms with Crippen molar-refractivity contribution in [2.75, 3.05) is 12.4 Å². The number of aliphatic hydroxyl groups is 1. The van der Waals surface area contributed by atoms with Crippen LogP contribution in [0, 0.1) is 0 Å². The molecule has 84 valence electrons. The first-order valence-electron chi connectivity index (χ1n) is 5.71. The maximum absolute atomic E-state index is 8.65. The van der Waals surface area contributed by atoms with E-state index in [9.17, 15) is 0 Å². The number of thioether (sulfide) groups is 1. The predicted octanol–water partition coefficient (Wildman–Crippen LogP) is 3.98. The molecular weight excluding hydrogens is 192 g/mol. The lowest BCUT2D eigenvalue weighted by Gasteiger charge is -2.01. The van der Waals surface area contributed by atoms with Gasteiger partial charge in [0, 0.05) is 0 Å². The summed E-state index contributed by atoms with van der Waals surface area (Å²) in [5, 5.41) is 8.65. The van der Waals surface area contributed by atoms with Gasteiger partial charge in [0.15, 0.2) is 0 Å². The molecule has 14 heavy (non-hydrogen) atoms. The third kappa shape index (κ3) is 10.1. The van der Waals surface area contributed by atoms with E-state index in [4.69, 9.17) is 5.11 Å². The fraction of sp³-hybridized carbons (Fsp3) is 0.833. The minimum Gasteiger partial charge on any atom is -0.392 e. The molecule has 1 nitrogen and oxygen atoms in total. The highest BCUT2D eigenvalue weighted by atomic mass is 32.2. The summed E-state index contributed by atoms with van der Waals surface area (Å²) >= 11 is 1.87. The normalized spacial score (nSPS) is 12.1. The van der Waals surface area contributed by atoms with E-state index in [-0.39, 0.29) is 6.61 Å². The molecule has 0 aromatic carbocycles. The van der Waals surface area contributed by atoms with Crippen LogP contribution in [0.1, 0.15) is 52.4 Å². The summed E-state index contributed by atoms with van der Waals surface area (Å²) in [4.78, 5) is 1.25. The Morgan fingerprint density at radius 3 is 2.43 bits per heavy atom. The lowest BCUT2D eigenvalue weighted by Crippen LogP contribution is -1.83. The number of unbranched alkanes of at least 4 members (excludes halogenated alkanes) is 5. The van der Waals surface area contributed by atoms with Gasteiger partial charge in [0.1, 0.15) is 0 Å². The van der Waals surface area contributed by atoms with E-state index in [1.54, 1.807) is 0 Å². The molecular formula is C12H24OS. The molecule has 0 saturated carbocycles. The summed E-state index contributed by atoms with van der Waals surface area (Å²) in [6, 6.07) is 0. The Hall–Kier alpha value is 0.0500. The van der Waals surface area contributed by atoms with Crippen LogP contribution in [0.15, 0.2) is 11.0 Å². The van der Waals surface area contributed by atoms with Gasteiger partial charge in [-0.15, -0.1) is 11.8 Å². The molecule has 0 bridgehead atoms. The molecule has 0 radical (unpaired) electrons. The average molecular weight is 216 g/mol. The van der Waals surface area contributed by atoms with Gasteiger partial charge in [0.2, 0.25) is 0 Å². The first-order valence-corrected chi connectivity index (χ1v) is 6.70. The summed E-state index contributed by atoms with van der Waals surface area (Å²) in [6.07, 6.45) is 10.0. The van der Waals surface area contributed by atoms with E-state index in [1.165, 1.54) is 49.2 Å². The first kappa shape index (κ1) is 14.1. The monoisotopic (exact) mass is 216 g/mol. The SMILES string of the molecule is CCCCCCCCS/C(C)=C\CO. The van der Waals surface area contributed by atoms with Crippen LogP contribution in [0.3, 0.4) is 0 Å². The van der Waals surface area contributed by atoms with Crippen molar-refractivity contribution in [3.63, 3.8) is 0 Å². The van der Waals surface area contributed by atoms with Crippen LogP contribution in [0.4, 0.5) is 0 Å². The molecule has 1 N–H and O–H groups in total. The largest absolute Gasteiger partial charge is 0.392 e. The standard InChI is InChI=1S/C12H24OS/c1-3-4-5-6-7-8-11-14-12(2)9-10-13/h9,13H,3-8,10-11H2,1-2H3/b12-9-. The summed E-state index contributed by atoms with van der Waals surface area (Å²) in [5.41, 5.74) is 0. The first-order chi connectivity index (χ1) is 6.81. The summed E-state index contributed by atoms with van der Waals surface area (Å²) in [5.74, 6) is 1.20. The second-order valence-electron chi connectivity index (χ2n) is 3.61. The van der Waals surface area contributed by atoms with Gasteiger partial charge in [-0.3, -0.25) is 0 Å². The molecule has 0 spiro atoms. The Bertz CT molecular complexity index is 143. The average Bonchev–Trinajstić information content (AvgIpc) is 2.17.